The minimum absolute atomic E-state index is 0.104. The summed E-state index contributed by atoms with van der Waals surface area (Å²) in [6.45, 7) is 0.124. The van der Waals surface area contributed by atoms with Crippen molar-refractivity contribution in [1.29, 1.82) is 0 Å². The third-order valence-electron chi connectivity index (χ3n) is 8.07. The number of anilines is 2. The van der Waals surface area contributed by atoms with E-state index in [2.05, 4.69) is 16.0 Å². The fourth-order valence-electron chi connectivity index (χ4n) is 5.82. The monoisotopic (exact) mass is 576 g/mol. The third-order valence-corrected chi connectivity index (χ3v) is 8.07. The van der Waals surface area contributed by atoms with Gasteiger partial charge in [-0.2, -0.15) is 0 Å². The van der Waals surface area contributed by atoms with Crippen molar-refractivity contribution < 1.29 is 28.8 Å². The zero-order valence-electron chi connectivity index (χ0n) is 23.1. The maximum atomic E-state index is 13.2. The molecule has 1 aliphatic carbocycles. The molecule has 43 heavy (non-hydrogen) atoms. The molecule has 10 heteroatoms. The van der Waals surface area contributed by atoms with Gasteiger partial charge in [-0.15, -0.1) is 0 Å². The average Bonchev–Trinajstić information content (AvgIpc) is 3.34. The summed E-state index contributed by atoms with van der Waals surface area (Å²) in [6.07, 6.45) is 2.29. The number of carbonyl (C=O) groups excluding carboxylic acids is 6. The summed E-state index contributed by atoms with van der Waals surface area (Å²) in [5.41, 5.74) is 3.33. The van der Waals surface area contributed by atoms with Crippen molar-refractivity contribution in [1.82, 2.24) is 10.2 Å². The highest BCUT2D eigenvalue weighted by Crippen LogP contribution is 2.33. The molecule has 1 saturated carbocycles. The summed E-state index contributed by atoms with van der Waals surface area (Å²) >= 11 is 0. The van der Waals surface area contributed by atoms with Crippen LogP contribution in [0.4, 0.5) is 11.4 Å². The van der Waals surface area contributed by atoms with Crippen LogP contribution in [0.1, 0.15) is 63.4 Å². The Morgan fingerprint density at radius 2 is 1.63 bits per heavy atom. The summed E-state index contributed by atoms with van der Waals surface area (Å²) < 4.78 is 0. The minimum atomic E-state index is -0.759. The zero-order valence-corrected chi connectivity index (χ0v) is 23.1. The summed E-state index contributed by atoms with van der Waals surface area (Å²) in [4.78, 5) is 77.3. The van der Waals surface area contributed by atoms with E-state index in [0.717, 1.165) is 5.56 Å². The molecule has 4 amide bonds. The van der Waals surface area contributed by atoms with Gasteiger partial charge in [0.25, 0.3) is 11.8 Å². The number of ketones is 2. The number of nitrogens with zero attached hydrogens (tertiary/aromatic N) is 1. The van der Waals surface area contributed by atoms with Crippen LogP contribution in [-0.2, 0) is 25.7 Å². The predicted molar refractivity (Wildman–Crippen MR) is 157 cm³/mol. The topological polar surface area (TPSA) is 142 Å². The molecule has 3 N–H and O–H groups in total. The molecule has 216 valence electrons. The molecule has 2 aliphatic heterocycles. The SMILES string of the molecule is O=C1CCC(N2Cc3c(NC(=O)c4cccc(NC=C5C(=O)CC(c6ccccc6)CC5=O)c4)cccc3C2=O)C(=O)N1. The molecule has 0 aromatic heterocycles. The standard InChI is InChI=1S/C33H28N4O6/c38-28-15-21(19-6-2-1-3-7-19)16-29(39)24(28)17-34-22-9-4-8-20(14-22)31(41)35-26-11-5-10-23-25(26)18-37(33(23)43)27-12-13-30(40)36-32(27)42/h1-11,14,17,21,27,34H,12-13,15-16,18H2,(H,35,41)(H,36,40,42). The van der Waals surface area contributed by atoms with E-state index in [0.29, 0.717) is 28.1 Å². The molecule has 2 fully saturated rings. The zero-order chi connectivity index (χ0) is 30.1. The molecular formula is C33H28N4O6. The molecule has 1 saturated heterocycles. The van der Waals surface area contributed by atoms with E-state index >= 15 is 0 Å². The quantitative estimate of drug-likeness (QED) is 0.231. The first-order valence-electron chi connectivity index (χ1n) is 14.0. The Kier molecular flexibility index (Phi) is 7.41. The lowest BCUT2D eigenvalue weighted by atomic mass is 9.80. The number of allylic oxidation sites excluding steroid dienone is 1. The molecule has 6 rings (SSSR count). The number of benzene rings is 3. The number of amides is 4. The van der Waals surface area contributed by atoms with Crippen LogP contribution in [0, 0.1) is 0 Å². The van der Waals surface area contributed by atoms with Gasteiger partial charge >= 0.3 is 0 Å². The largest absolute Gasteiger partial charge is 0.361 e. The lowest BCUT2D eigenvalue weighted by Gasteiger charge is -2.29. The van der Waals surface area contributed by atoms with Gasteiger partial charge in [0.15, 0.2) is 11.6 Å². The number of hydrogen-bond donors (Lipinski definition) is 3. The Hall–Kier alpha value is -5.38. The highest BCUT2D eigenvalue weighted by atomic mass is 16.2. The second kappa shape index (κ2) is 11.5. The van der Waals surface area contributed by atoms with Crippen LogP contribution >= 0.6 is 0 Å². The van der Waals surface area contributed by atoms with Gasteiger partial charge in [0.05, 0.1) is 5.57 Å². The summed E-state index contributed by atoms with van der Waals surface area (Å²) in [5, 5.41) is 8.14. The first-order chi connectivity index (χ1) is 20.8. The molecule has 0 spiro atoms. The number of piperidine rings is 1. The normalized spacial score (nSPS) is 20.0. The first kappa shape index (κ1) is 27.8. The number of nitrogens with one attached hydrogen (secondary N) is 3. The van der Waals surface area contributed by atoms with Gasteiger partial charge in [0, 0.05) is 60.1 Å². The molecular weight excluding hydrogens is 548 g/mol. The first-order valence-corrected chi connectivity index (χ1v) is 14.0. The van der Waals surface area contributed by atoms with Crippen molar-refractivity contribution in [2.75, 3.05) is 10.6 Å². The van der Waals surface area contributed by atoms with E-state index < -0.39 is 17.9 Å². The smallest absolute Gasteiger partial charge is 0.255 e. The number of imide groups is 1. The Balaban J connectivity index is 1.13. The van der Waals surface area contributed by atoms with Crippen LogP contribution in [0.15, 0.2) is 84.6 Å². The summed E-state index contributed by atoms with van der Waals surface area (Å²) in [7, 11) is 0. The Morgan fingerprint density at radius 1 is 0.884 bits per heavy atom. The van der Waals surface area contributed by atoms with Crippen LogP contribution in [0.3, 0.4) is 0 Å². The molecule has 0 bridgehead atoms. The van der Waals surface area contributed by atoms with E-state index in [1.165, 1.54) is 11.1 Å². The van der Waals surface area contributed by atoms with E-state index in [-0.39, 0.29) is 67.1 Å². The summed E-state index contributed by atoms with van der Waals surface area (Å²) in [5.74, 6) is -2.23. The fraction of sp³-hybridized carbons (Fsp3) is 0.212. The van der Waals surface area contributed by atoms with Crippen LogP contribution in [0.25, 0.3) is 0 Å². The van der Waals surface area contributed by atoms with E-state index in [1.54, 1.807) is 42.5 Å². The number of Topliss-reactive ketones (excluding diaryl/α,β-unsaturated/α-hetero) is 2. The molecule has 3 aromatic carbocycles. The van der Waals surface area contributed by atoms with Crippen LogP contribution < -0.4 is 16.0 Å². The number of carbonyl (C=O) groups is 6. The summed E-state index contributed by atoms with van der Waals surface area (Å²) in [6, 6.07) is 20.4. The van der Waals surface area contributed by atoms with Gasteiger partial charge in [-0.3, -0.25) is 34.1 Å². The molecule has 1 atom stereocenters. The van der Waals surface area contributed by atoms with Gasteiger partial charge in [0.1, 0.15) is 6.04 Å². The van der Waals surface area contributed by atoms with E-state index in [1.807, 2.05) is 30.3 Å². The molecule has 3 aliphatic rings. The van der Waals surface area contributed by atoms with Crippen molar-refractivity contribution in [3.05, 3.63) is 107 Å². The lowest BCUT2D eigenvalue weighted by molar-refractivity contribution is -0.137. The Bertz CT molecular complexity index is 1690. The predicted octanol–water partition coefficient (Wildman–Crippen LogP) is 3.71. The van der Waals surface area contributed by atoms with Crippen LogP contribution in [-0.4, -0.2) is 46.1 Å². The van der Waals surface area contributed by atoms with Crippen LogP contribution in [0.5, 0.6) is 0 Å². The van der Waals surface area contributed by atoms with Crippen molar-refractivity contribution in [2.45, 2.75) is 44.2 Å². The highest BCUT2D eigenvalue weighted by Gasteiger charge is 2.40. The van der Waals surface area contributed by atoms with Crippen molar-refractivity contribution in [3.8, 4) is 0 Å². The average molecular weight is 577 g/mol. The molecule has 10 nitrogen and oxygen atoms in total. The number of hydrogen-bond acceptors (Lipinski definition) is 7. The minimum Gasteiger partial charge on any atom is -0.361 e. The molecule has 3 aromatic rings. The maximum Gasteiger partial charge on any atom is 0.255 e. The number of fused-ring (bicyclic) bond motifs is 1. The van der Waals surface area contributed by atoms with Crippen molar-refractivity contribution >= 4 is 46.6 Å². The van der Waals surface area contributed by atoms with Gasteiger partial charge < -0.3 is 15.5 Å². The second-order valence-electron chi connectivity index (χ2n) is 10.8. The highest BCUT2D eigenvalue weighted by molar-refractivity contribution is 6.22. The van der Waals surface area contributed by atoms with Gasteiger partial charge in [-0.25, -0.2) is 0 Å². The Labute approximate surface area is 247 Å². The lowest BCUT2D eigenvalue weighted by Crippen LogP contribution is -2.52. The fourth-order valence-corrected chi connectivity index (χ4v) is 5.82. The number of rotatable bonds is 6. The molecule has 1 unspecified atom stereocenters. The van der Waals surface area contributed by atoms with Gasteiger partial charge in [-0.1, -0.05) is 42.5 Å². The van der Waals surface area contributed by atoms with Crippen molar-refractivity contribution in [2.24, 2.45) is 0 Å². The Morgan fingerprint density at radius 3 is 2.37 bits per heavy atom. The van der Waals surface area contributed by atoms with Crippen molar-refractivity contribution in [3.63, 3.8) is 0 Å². The third kappa shape index (κ3) is 5.59. The molecule has 2 heterocycles. The maximum absolute atomic E-state index is 13.2. The molecule has 0 radical (unpaired) electrons. The van der Waals surface area contributed by atoms with E-state index in [9.17, 15) is 28.8 Å². The van der Waals surface area contributed by atoms with E-state index in [4.69, 9.17) is 0 Å². The second-order valence-corrected chi connectivity index (χ2v) is 10.8. The van der Waals surface area contributed by atoms with Gasteiger partial charge in [0.2, 0.25) is 11.8 Å². The van der Waals surface area contributed by atoms with Crippen LogP contribution in [0.2, 0.25) is 0 Å². The van der Waals surface area contributed by atoms with Gasteiger partial charge in [-0.05, 0) is 48.2 Å².